The molecule has 1 fully saturated rings. The van der Waals surface area contributed by atoms with Gasteiger partial charge in [-0.1, -0.05) is 6.07 Å². The third-order valence-corrected chi connectivity index (χ3v) is 5.13. The normalized spacial score (nSPS) is 17.2. The largest absolute Gasteiger partial charge is 0.347 e. The van der Waals surface area contributed by atoms with Gasteiger partial charge in [-0.3, -0.25) is 25.2 Å². The lowest BCUT2D eigenvalue weighted by atomic mass is 10.0. The highest BCUT2D eigenvalue weighted by molar-refractivity contribution is 7.12. The van der Waals surface area contributed by atoms with E-state index >= 15 is 0 Å². The smallest absolute Gasteiger partial charge is 0.286 e. The van der Waals surface area contributed by atoms with Crippen LogP contribution in [-0.4, -0.2) is 39.8 Å². The van der Waals surface area contributed by atoms with Crippen molar-refractivity contribution in [2.45, 2.75) is 25.3 Å². The Morgan fingerprint density at radius 2 is 2.00 bits per heavy atom. The number of carbonyl (C=O) groups excluding carboxylic acids is 3. The Hall–Kier alpha value is -2.61. The van der Waals surface area contributed by atoms with Crippen LogP contribution in [0.5, 0.6) is 0 Å². The van der Waals surface area contributed by atoms with Gasteiger partial charge in [0.2, 0.25) is 0 Å². The first kappa shape index (κ1) is 17.2. The van der Waals surface area contributed by atoms with Crippen LogP contribution in [-0.2, 0) is 11.8 Å². The molecule has 132 valence electrons. The quantitative estimate of drug-likeness (QED) is 0.815. The Morgan fingerprint density at radius 1 is 1.16 bits per heavy atom. The second-order valence-electron chi connectivity index (χ2n) is 5.94. The summed E-state index contributed by atoms with van der Waals surface area (Å²) in [5, 5.41) is 1.84. The molecule has 0 saturated carbocycles. The lowest BCUT2D eigenvalue weighted by Gasteiger charge is -2.34. The Labute approximate surface area is 149 Å². The summed E-state index contributed by atoms with van der Waals surface area (Å²) in [7, 11) is 1.75. The number of hydrazine groups is 1. The topological polar surface area (TPSA) is 83.4 Å². The third kappa shape index (κ3) is 3.74. The number of hydrogen-bond acceptors (Lipinski definition) is 4. The molecule has 1 aliphatic rings. The first-order chi connectivity index (χ1) is 12.1. The van der Waals surface area contributed by atoms with Gasteiger partial charge < -0.3 is 9.47 Å². The molecule has 1 saturated heterocycles. The summed E-state index contributed by atoms with van der Waals surface area (Å²) in [6.45, 7) is 0.542. The van der Waals surface area contributed by atoms with Gasteiger partial charge in [0.25, 0.3) is 17.7 Å². The molecule has 3 heterocycles. The molecule has 0 aromatic carbocycles. The van der Waals surface area contributed by atoms with Crippen LogP contribution in [0.25, 0.3) is 0 Å². The predicted molar refractivity (Wildman–Crippen MR) is 94.0 cm³/mol. The molecule has 0 bridgehead atoms. The highest BCUT2D eigenvalue weighted by Crippen LogP contribution is 2.21. The first-order valence-corrected chi connectivity index (χ1v) is 9.02. The maximum atomic E-state index is 12.6. The van der Waals surface area contributed by atoms with Crippen molar-refractivity contribution in [3.05, 3.63) is 46.4 Å². The van der Waals surface area contributed by atoms with E-state index in [-0.39, 0.29) is 11.8 Å². The molecule has 1 unspecified atom stereocenters. The number of nitrogens with zero attached hydrogens (tertiary/aromatic N) is 2. The summed E-state index contributed by atoms with van der Waals surface area (Å²) < 4.78 is 1.66. The van der Waals surface area contributed by atoms with Crippen LogP contribution in [0.3, 0.4) is 0 Å². The number of piperidine rings is 1. The van der Waals surface area contributed by atoms with E-state index in [1.807, 2.05) is 11.4 Å². The molecule has 8 heteroatoms. The van der Waals surface area contributed by atoms with Gasteiger partial charge in [-0.2, -0.15) is 0 Å². The molecular weight excluding hydrogens is 340 g/mol. The number of aryl methyl sites for hydroxylation is 1. The fraction of sp³-hybridized carbons (Fsp3) is 0.353. The number of amides is 3. The zero-order chi connectivity index (χ0) is 17.8. The van der Waals surface area contributed by atoms with Gasteiger partial charge in [0.15, 0.2) is 0 Å². The van der Waals surface area contributed by atoms with Crippen molar-refractivity contribution in [3.8, 4) is 0 Å². The molecule has 3 rings (SSSR count). The van der Waals surface area contributed by atoms with E-state index in [1.165, 1.54) is 11.3 Å². The van der Waals surface area contributed by atoms with Crippen LogP contribution >= 0.6 is 11.3 Å². The van der Waals surface area contributed by atoms with Gasteiger partial charge in [0.1, 0.15) is 11.7 Å². The Kier molecular flexibility index (Phi) is 5.18. The fourth-order valence-electron chi connectivity index (χ4n) is 2.95. The van der Waals surface area contributed by atoms with Crippen LogP contribution in [0.1, 0.15) is 39.4 Å². The number of thiophene rings is 1. The number of nitrogens with one attached hydrogen (secondary N) is 2. The van der Waals surface area contributed by atoms with Gasteiger partial charge in [-0.25, -0.2) is 0 Å². The summed E-state index contributed by atoms with van der Waals surface area (Å²) in [5.41, 5.74) is 5.32. The van der Waals surface area contributed by atoms with E-state index in [9.17, 15) is 14.4 Å². The maximum Gasteiger partial charge on any atom is 0.286 e. The lowest BCUT2D eigenvalue weighted by molar-refractivity contribution is -0.127. The van der Waals surface area contributed by atoms with Crippen molar-refractivity contribution in [1.29, 1.82) is 0 Å². The van der Waals surface area contributed by atoms with Gasteiger partial charge in [0, 0.05) is 19.8 Å². The number of hydrogen-bond donors (Lipinski definition) is 2. The highest BCUT2D eigenvalue weighted by atomic mass is 32.1. The number of aromatic nitrogens is 1. The minimum atomic E-state index is -0.572. The van der Waals surface area contributed by atoms with Crippen molar-refractivity contribution in [3.63, 3.8) is 0 Å². The summed E-state index contributed by atoms with van der Waals surface area (Å²) in [5.74, 6) is -0.899. The first-order valence-electron chi connectivity index (χ1n) is 8.14. The average molecular weight is 360 g/mol. The SMILES string of the molecule is Cn1cccc1C(=O)NNC(=O)C1CCCCN1C(=O)c1cccs1. The number of carbonyl (C=O) groups is 3. The van der Waals surface area contributed by atoms with Gasteiger partial charge >= 0.3 is 0 Å². The molecule has 0 aliphatic carbocycles. The highest BCUT2D eigenvalue weighted by Gasteiger charge is 2.33. The molecule has 1 atom stereocenters. The van der Waals surface area contributed by atoms with Crippen LogP contribution < -0.4 is 10.9 Å². The molecule has 0 spiro atoms. The summed E-state index contributed by atoms with van der Waals surface area (Å²) in [6.07, 6.45) is 4.08. The molecule has 0 radical (unpaired) electrons. The van der Waals surface area contributed by atoms with E-state index in [0.717, 1.165) is 12.8 Å². The lowest BCUT2D eigenvalue weighted by Crippen LogP contribution is -2.55. The molecule has 3 amide bonds. The van der Waals surface area contributed by atoms with E-state index in [4.69, 9.17) is 0 Å². The Bertz CT molecular complexity index is 769. The monoisotopic (exact) mass is 360 g/mol. The van der Waals surface area contributed by atoms with Crippen molar-refractivity contribution in [2.24, 2.45) is 7.05 Å². The van der Waals surface area contributed by atoms with E-state index in [0.29, 0.717) is 23.5 Å². The van der Waals surface area contributed by atoms with Crippen LogP contribution in [0.15, 0.2) is 35.8 Å². The van der Waals surface area contributed by atoms with Crippen LogP contribution in [0, 0.1) is 0 Å². The minimum absolute atomic E-state index is 0.136. The van der Waals surface area contributed by atoms with Crippen molar-refractivity contribution >= 4 is 29.1 Å². The Morgan fingerprint density at radius 3 is 2.68 bits per heavy atom. The summed E-state index contributed by atoms with van der Waals surface area (Å²) in [6, 6.07) is 6.41. The van der Waals surface area contributed by atoms with E-state index < -0.39 is 11.9 Å². The van der Waals surface area contributed by atoms with Gasteiger partial charge in [-0.15, -0.1) is 11.3 Å². The zero-order valence-corrected chi connectivity index (χ0v) is 14.7. The minimum Gasteiger partial charge on any atom is -0.347 e. The van der Waals surface area contributed by atoms with Crippen LogP contribution in [0.4, 0.5) is 0 Å². The Balaban J connectivity index is 1.64. The van der Waals surface area contributed by atoms with Crippen molar-refractivity contribution in [1.82, 2.24) is 20.3 Å². The second-order valence-corrected chi connectivity index (χ2v) is 6.88. The molecule has 1 aliphatic heterocycles. The molecule has 2 aromatic rings. The molecule has 7 nitrogen and oxygen atoms in total. The third-order valence-electron chi connectivity index (χ3n) is 4.27. The maximum absolute atomic E-state index is 12.6. The average Bonchev–Trinajstić information content (AvgIpc) is 3.30. The van der Waals surface area contributed by atoms with Crippen LogP contribution in [0.2, 0.25) is 0 Å². The number of rotatable bonds is 3. The van der Waals surface area contributed by atoms with Crippen molar-refractivity contribution in [2.75, 3.05) is 6.54 Å². The van der Waals surface area contributed by atoms with E-state index in [2.05, 4.69) is 10.9 Å². The molecule has 2 aromatic heterocycles. The predicted octanol–water partition coefficient (Wildman–Crippen LogP) is 1.54. The summed E-state index contributed by atoms with van der Waals surface area (Å²) >= 11 is 1.36. The molecule has 2 N–H and O–H groups in total. The van der Waals surface area contributed by atoms with E-state index in [1.54, 1.807) is 40.9 Å². The molecular formula is C17H20N4O3S. The number of likely N-dealkylation sites (tertiary alicyclic amines) is 1. The van der Waals surface area contributed by atoms with Crippen molar-refractivity contribution < 1.29 is 14.4 Å². The fourth-order valence-corrected chi connectivity index (χ4v) is 3.63. The molecule has 25 heavy (non-hydrogen) atoms. The second kappa shape index (κ2) is 7.52. The summed E-state index contributed by atoms with van der Waals surface area (Å²) in [4.78, 5) is 39.4. The van der Waals surface area contributed by atoms with Gasteiger partial charge in [0.05, 0.1) is 4.88 Å². The van der Waals surface area contributed by atoms with Gasteiger partial charge in [-0.05, 0) is 42.8 Å². The zero-order valence-electron chi connectivity index (χ0n) is 13.9. The standard InChI is InChI=1S/C17H20N4O3S/c1-20-9-4-7-12(20)15(22)18-19-16(23)13-6-2-3-10-21(13)17(24)14-8-5-11-25-14/h4-5,7-9,11,13H,2-3,6,10H2,1H3,(H,18,22)(H,19,23).